The summed E-state index contributed by atoms with van der Waals surface area (Å²) in [5.74, 6) is -1.49. The molecule has 14 heteroatoms. The largest absolute Gasteiger partial charge is 0.494 e. The number of aliphatic hydroxyl groups is 3. The maximum Gasteiger partial charge on any atom is 0.397 e. The molecular formula is C63H91F3O9SSi. The fourth-order valence-corrected chi connectivity index (χ4v) is 12.5. The summed E-state index contributed by atoms with van der Waals surface area (Å²) < 4.78 is 62.4. The first-order chi connectivity index (χ1) is 36.7. The van der Waals surface area contributed by atoms with Crippen LogP contribution in [0.25, 0.3) is 0 Å². The number of halogens is 3. The molecule has 6 unspecified atom stereocenters. The highest BCUT2D eigenvalue weighted by Crippen LogP contribution is 2.53. The van der Waals surface area contributed by atoms with Gasteiger partial charge in [0, 0.05) is 24.4 Å². The van der Waals surface area contributed by atoms with Crippen molar-refractivity contribution >= 4 is 37.0 Å². The Morgan fingerprint density at radius 1 is 0.675 bits per heavy atom. The molecule has 6 atom stereocenters. The van der Waals surface area contributed by atoms with Gasteiger partial charge < -0.3 is 34.3 Å². The average Bonchev–Trinajstić information content (AvgIpc) is 3.43. The zero-order valence-corrected chi connectivity index (χ0v) is 49.2. The van der Waals surface area contributed by atoms with Crippen molar-refractivity contribution in [2.75, 3.05) is 51.6 Å². The maximum absolute atomic E-state index is 14.7. The van der Waals surface area contributed by atoms with Gasteiger partial charge in [-0.2, -0.15) is 13.2 Å². The Bertz CT molecular complexity index is 2220. The number of rotatable bonds is 37. The molecule has 0 spiro atoms. The zero-order valence-electron chi connectivity index (χ0n) is 47.4. The van der Waals surface area contributed by atoms with Crippen molar-refractivity contribution in [2.24, 2.45) is 17.3 Å². The van der Waals surface area contributed by atoms with Crippen LogP contribution in [0.5, 0.6) is 11.5 Å². The van der Waals surface area contributed by atoms with E-state index in [4.69, 9.17) is 18.9 Å². The minimum absolute atomic E-state index is 0.00418. The van der Waals surface area contributed by atoms with Gasteiger partial charge in [-0.15, -0.1) is 11.8 Å². The Balaban J connectivity index is 1.93. The number of hydrogen-bond acceptors (Lipinski definition) is 10. The summed E-state index contributed by atoms with van der Waals surface area (Å²) in [7, 11) is -0.229. The van der Waals surface area contributed by atoms with E-state index in [1.54, 1.807) is 6.92 Å². The van der Waals surface area contributed by atoms with E-state index in [0.717, 1.165) is 87.3 Å². The Labute approximate surface area is 464 Å². The van der Waals surface area contributed by atoms with Crippen molar-refractivity contribution in [3.63, 3.8) is 0 Å². The summed E-state index contributed by atoms with van der Waals surface area (Å²) in [6, 6.07) is 36.3. The highest BCUT2D eigenvalue weighted by molar-refractivity contribution is 7.99. The number of esters is 2. The molecule has 4 rings (SSSR count). The lowest BCUT2D eigenvalue weighted by Crippen LogP contribution is -2.42. The van der Waals surface area contributed by atoms with Crippen LogP contribution in [-0.4, -0.2) is 99.3 Å². The van der Waals surface area contributed by atoms with Gasteiger partial charge in [-0.25, -0.2) is 0 Å². The van der Waals surface area contributed by atoms with E-state index in [1.807, 2.05) is 37.3 Å². The SMILES string of the molecule is CCC(C)CC(CC(CC(CC(C)(CC(C)C(=O)OCC(O)CSCC(F)(F)F)C(=O)OC)(c1ccc(OCCCCCCO)cc1)c1ccc(OCCCCCCO)cc1)c1ccccc1)c1ccc([Si](C)(C)C)cc1. The van der Waals surface area contributed by atoms with Crippen LogP contribution >= 0.6 is 11.8 Å². The van der Waals surface area contributed by atoms with Crippen molar-refractivity contribution in [3.05, 3.63) is 125 Å². The van der Waals surface area contributed by atoms with Gasteiger partial charge in [0.25, 0.3) is 0 Å². The van der Waals surface area contributed by atoms with Gasteiger partial charge in [0.15, 0.2) is 0 Å². The topological polar surface area (TPSA) is 132 Å². The standard InChI is InChI=1S/C63H91F3O9SSi/c1-9-47(2)39-51(50-23-33-58(34-24-50)77(6,7)8)40-52(49-21-15-14-16-22-49)42-62(53-25-29-56(30-26-53)73-37-19-12-10-17-35-67,54-27-31-57(32-28-54)74-38-20-13-11-18-36-68)45-61(4,60(71)72-5)41-48(3)59(70)75-43-55(69)44-76-46-63(64,65)66/h14-16,21-34,47-48,51-52,55,67-69H,9-13,17-20,35-46H2,1-8H3. The summed E-state index contributed by atoms with van der Waals surface area (Å²) in [6.07, 6.45) is 4.75. The third-order valence-corrected chi connectivity index (χ3v) is 18.3. The number of benzene rings is 4. The van der Waals surface area contributed by atoms with Crippen LogP contribution in [0, 0.1) is 17.3 Å². The van der Waals surface area contributed by atoms with E-state index in [-0.39, 0.29) is 43.6 Å². The van der Waals surface area contributed by atoms with E-state index >= 15 is 0 Å². The van der Waals surface area contributed by atoms with Crippen LogP contribution in [0.15, 0.2) is 103 Å². The van der Waals surface area contributed by atoms with E-state index in [0.29, 0.717) is 48.8 Å². The van der Waals surface area contributed by atoms with Gasteiger partial charge in [-0.3, -0.25) is 9.59 Å². The lowest BCUT2D eigenvalue weighted by Gasteiger charge is -2.44. The molecular weight excluding hydrogens is 1020 g/mol. The van der Waals surface area contributed by atoms with Crippen LogP contribution in [0.3, 0.4) is 0 Å². The van der Waals surface area contributed by atoms with E-state index in [2.05, 4.69) is 106 Å². The molecule has 0 saturated heterocycles. The molecule has 0 amide bonds. The Kier molecular flexibility index (Phi) is 27.6. The summed E-state index contributed by atoms with van der Waals surface area (Å²) in [6.45, 7) is 16.1. The van der Waals surface area contributed by atoms with E-state index in [9.17, 15) is 38.1 Å². The molecule has 4 aromatic rings. The van der Waals surface area contributed by atoms with E-state index in [1.165, 1.54) is 17.9 Å². The predicted octanol–water partition coefficient (Wildman–Crippen LogP) is 14.0. The number of methoxy groups -OCH3 is 1. The lowest BCUT2D eigenvalue weighted by atomic mass is 9.58. The molecule has 0 bridgehead atoms. The van der Waals surface area contributed by atoms with Crippen molar-refractivity contribution in [1.29, 1.82) is 0 Å². The summed E-state index contributed by atoms with van der Waals surface area (Å²) >= 11 is 0.516. The van der Waals surface area contributed by atoms with Gasteiger partial charge in [-0.1, -0.05) is 144 Å². The van der Waals surface area contributed by atoms with Crippen molar-refractivity contribution in [3.8, 4) is 11.5 Å². The molecule has 0 heterocycles. The molecule has 0 aliphatic heterocycles. The van der Waals surface area contributed by atoms with Crippen molar-refractivity contribution in [2.45, 2.75) is 167 Å². The Morgan fingerprint density at radius 2 is 1.19 bits per heavy atom. The van der Waals surface area contributed by atoms with Gasteiger partial charge in [-0.05, 0) is 142 Å². The van der Waals surface area contributed by atoms with Crippen molar-refractivity contribution in [1.82, 2.24) is 0 Å². The first kappa shape index (κ1) is 65.2. The molecule has 3 N–H and O–H groups in total. The second-order valence-corrected chi connectivity index (χ2v) is 28.8. The first-order valence-corrected chi connectivity index (χ1v) is 32.7. The molecule has 0 aliphatic rings. The molecule has 4 aromatic carbocycles. The smallest absolute Gasteiger partial charge is 0.397 e. The normalized spacial score (nSPS) is 14.9. The third-order valence-electron chi connectivity index (χ3n) is 15.0. The van der Waals surface area contributed by atoms with Crippen molar-refractivity contribution < 1.29 is 57.0 Å². The van der Waals surface area contributed by atoms with Crippen LogP contribution in [0.1, 0.15) is 152 Å². The molecule has 0 aromatic heterocycles. The Morgan fingerprint density at radius 3 is 1.68 bits per heavy atom. The monoisotopic (exact) mass is 1110 g/mol. The minimum atomic E-state index is -4.40. The Hall–Kier alpha value is -4.34. The number of carbonyl (C=O) groups excluding carboxylic acids is 2. The minimum Gasteiger partial charge on any atom is -0.494 e. The molecule has 0 fully saturated rings. The number of ether oxygens (including phenoxy) is 4. The number of hydrogen-bond donors (Lipinski definition) is 3. The fraction of sp³-hybridized carbons (Fsp3) is 0.587. The van der Waals surface area contributed by atoms with Crippen LogP contribution < -0.4 is 14.7 Å². The number of alkyl halides is 3. The molecule has 0 radical (unpaired) electrons. The highest BCUT2D eigenvalue weighted by atomic mass is 32.2. The summed E-state index contributed by atoms with van der Waals surface area (Å²) in [5, 5.41) is 30.5. The average molecular weight is 1110 g/mol. The van der Waals surface area contributed by atoms with Gasteiger partial charge in [0.1, 0.15) is 18.1 Å². The molecule has 77 heavy (non-hydrogen) atoms. The first-order valence-electron chi connectivity index (χ1n) is 28.1. The lowest BCUT2D eigenvalue weighted by molar-refractivity contribution is -0.158. The molecule has 9 nitrogen and oxygen atoms in total. The number of thioether (sulfide) groups is 1. The van der Waals surface area contributed by atoms with E-state index < -0.39 is 61.4 Å². The van der Waals surface area contributed by atoms with Crippen LogP contribution in [0.4, 0.5) is 13.2 Å². The zero-order chi connectivity index (χ0) is 56.5. The van der Waals surface area contributed by atoms with Gasteiger partial charge in [0.2, 0.25) is 0 Å². The molecule has 428 valence electrons. The number of aliphatic hydroxyl groups excluding tert-OH is 3. The number of carbonyl (C=O) groups is 2. The molecule has 0 saturated carbocycles. The second-order valence-electron chi connectivity index (χ2n) is 22.7. The van der Waals surface area contributed by atoms with Gasteiger partial charge >= 0.3 is 18.1 Å². The third kappa shape index (κ3) is 22.0. The quantitative estimate of drug-likeness (QED) is 0.0228. The highest BCUT2D eigenvalue weighted by Gasteiger charge is 2.49. The maximum atomic E-state index is 14.7. The van der Waals surface area contributed by atoms with Gasteiger partial charge in [0.05, 0.1) is 51.6 Å². The summed E-state index contributed by atoms with van der Waals surface area (Å²) in [5.41, 5.74) is 2.07. The van der Waals surface area contributed by atoms with Crippen LogP contribution in [-0.2, 0) is 24.5 Å². The molecule has 0 aliphatic carbocycles. The second kappa shape index (κ2) is 32.7. The van der Waals surface area contributed by atoms with Crippen LogP contribution in [0.2, 0.25) is 19.6 Å². The summed E-state index contributed by atoms with van der Waals surface area (Å²) in [4.78, 5) is 28.6. The predicted molar refractivity (Wildman–Crippen MR) is 309 cm³/mol. The number of unbranched alkanes of at least 4 members (excludes halogenated alkanes) is 6. The fourth-order valence-electron chi connectivity index (χ4n) is 10.6.